The van der Waals surface area contributed by atoms with Crippen LogP contribution in [0.4, 0.5) is 0 Å². The van der Waals surface area contributed by atoms with Gasteiger partial charge in [0.25, 0.3) is 0 Å². The van der Waals surface area contributed by atoms with Gasteiger partial charge in [-0.25, -0.2) is 0 Å². The summed E-state index contributed by atoms with van der Waals surface area (Å²) in [5.41, 5.74) is 0.689. The molecule has 0 aromatic heterocycles. The highest BCUT2D eigenvalue weighted by molar-refractivity contribution is 4.88. The lowest BCUT2D eigenvalue weighted by Gasteiger charge is -2.41. The van der Waals surface area contributed by atoms with Gasteiger partial charge in [-0.05, 0) is 75.9 Å². The average molecular weight is 238 g/mol. The molecular formula is C15H30N2. The van der Waals surface area contributed by atoms with Crippen LogP contribution in [0.15, 0.2) is 0 Å². The molecule has 1 saturated carbocycles. The molecule has 1 saturated heterocycles. The third-order valence-corrected chi connectivity index (χ3v) is 5.09. The third kappa shape index (κ3) is 3.96. The quantitative estimate of drug-likeness (QED) is 0.666. The maximum absolute atomic E-state index is 3.70. The molecule has 1 heterocycles. The van der Waals surface area contributed by atoms with Crippen LogP contribution in [-0.2, 0) is 0 Å². The van der Waals surface area contributed by atoms with Crippen molar-refractivity contribution in [1.29, 1.82) is 0 Å². The van der Waals surface area contributed by atoms with Gasteiger partial charge in [-0.1, -0.05) is 13.3 Å². The second-order valence-electron chi connectivity index (χ2n) is 6.22. The number of hydrogen-bond donors (Lipinski definition) is 2. The Balaban J connectivity index is 1.48. The molecule has 0 unspecified atom stereocenters. The fraction of sp³-hybridized carbons (Fsp3) is 1.00. The molecule has 0 radical (unpaired) electrons. The van der Waals surface area contributed by atoms with E-state index >= 15 is 0 Å². The lowest BCUT2D eigenvalue weighted by molar-refractivity contribution is 0.124. The smallest absolute Gasteiger partial charge is 0.000770 e. The summed E-state index contributed by atoms with van der Waals surface area (Å²) in [6.07, 6.45) is 11.4. The monoisotopic (exact) mass is 238 g/mol. The summed E-state index contributed by atoms with van der Waals surface area (Å²) in [5, 5.41) is 7.15. The van der Waals surface area contributed by atoms with E-state index in [2.05, 4.69) is 17.6 Å². The van der Waals surface area contributed by atoms with Crippen molar-refractivity contribution in [2.24, 2.45) is 11.3 Å². The Morgan fingerprint density at radius 2 is 2.00 bits per heavy atom. The Morgan fingerprint density at radius 3 is 2.59 bits per heavy atom. The molecule has 0 spiro atoms. The third-order valence-electron chi connectivity index (χ3n) is 5.09. The van der Waals surface area contributed by atoms with E-state index in [1.165, 1.54) is 77.5 Å². The normalized spacial score (nSPS) is 24.5. The molecule has 2 rings (SSSR count). The second-order valence-corrected chi connectivity index (χ2v) is 6.22. The molecule has 2 aliphatic rings. The Morgan fingerprint density at radius 1 is 1.24 bits per heavy atom. The Bertz CT molecular complexity index is 199. The standard InChI is InChI=1S/C15H30N2/c1-2-15(8-4-9-15)13-17-10-3-5-14-6-11-16-12-7-14/h14,16-17H,2-13H2,1H3. The van der Waals surface area contributed by atoms with Crippen LogP contribution >= 0.6 is 0 Å². The molecule has 2 heteroatoms. The topological polar surface area (TPSA) is 24.1 Å². The number of rotatable bonds is 7. The van der Waals surface area contributed by atoms with Crippen molar-refractivity contribution in [2.45, 2.75) is 58.3 Å². The predicted octanol–water partition coefficient (Wildman–Crippen LogP) is 2.94. The summed E-state index contributed by atoms with van der Waals surface area (Å²) < 4.78 is 0. The Hall–Kier alpha value is -0.0800. The highest BCUT2D eigenvalue weighted by Crippen LogP contribution is 2.42. The van der Waals surface area contributed by atoms with E-state index in [4.69, 9.17) is 0 Å². The van der Waals surface area contributed by atoms with E-state index in [1.54, 1.807) is 0 Å². The van der Waals surface area contributed by atoms with E-state index in [0.717, 1.165) is 5.92 Å². The molecule has 0 bridgehead atoms. The molecule has 2 fully saturated rings. The highest BCUT2D eigenvalue weighted by atomic mass is 14.9. The van der Waals surface area contributed by atoms with Gasteiger partial charge in [0.2, 0.25) is 0 Å². The van der Waals surface area contributed by atoms with Crippen molar-refractivity contribution in [1.82, 2.24) is 10.6 Å². The first-order valence-electron chi connectivity index (χ1n) is 7.76. The minimum absolute atomic E-state index is 0.689. The molecule has 0 atom stereocenters. The van der Waals surface area contributed by atoms with E-state index in [0.29, 0.717) is 5.41 Å². The van der Waals surface area contributed by atoms with Gasteiger partial charge in [0.1, 0.15) is 0 Å². The van der Waals surface area contributed by atoms with Crippen LogP contribution in [0.2, 0.25) is 0 Å². The maximum atomic E-state index is 3.70. The van der Waals surface area contributed by atoms with Gasteiger partial charge >= 0.3 is 0 Å². The summed E-state index contributed by atoms with van der Waals surface area (Å²) in [4.78, 5) is 0. The number of hydrogen-bond acceptors (Lipinski definition) is 2. The van der Waals surface area contributed by atoms with Crippen LogP contribution in [0.1, 0.15) is 58.3 Å². The SMILES string of the molecule is CCC1(CNCCCC2CCNCC2)CCC1. The fourth-order valence-electron chi connectivity index (χ4n) is 3.37. The summed E-state index contributed by atoms with van der Waals surface area (Å²) in [7, 11) is 0. The molecule has 0 aromatic carbocycles. The molecule has 0 aromatic rings. The minimum Gasteiger partial charge on any atom is -0.317 e. The van der Waals surface area contributed by atoms with Gasteiger partial charge in [-0.3, -0.25) is 0 Å². The van der Waals surface area contributed by atoms with Crippen LogP contribution in [0.25, 0.3) is 0 Å². The Labute approximate surface area is 107 Å². The minimum atomic E-state index is 0.689. The second kappa shape index (κ2) is 6.75. The highest BCUT2D eigenvalue weighted by Gasteiger charge is 2.34. The predicted molar refractivity (Wildman–Crippen MR) is 74.3 cm³/mol. The first-order valence-corrected chi connectivity index (χ1v) is 7.76. The van der Waals surface area contributed by atoms with Gasteiger partial charge in [-0.15, -0.1) is 0 Å². The van der Waals surface area contributed by atoms with Crippen molar-refractivity contribution in [3.63, 3.8) is 0 Å². The maximum Gasteiger partial charge on any atom is 0.000770 e. The van der Waals surface area contributed by atoms with Crippen LogP contribution < -0.4 is 10.6 Å². The van der Waals surface area contributed by atoms with Crippen molar-refractivity contribution in [2.75, 3.05) is 26.2 Å². The van der Waals surface area contributed by atoms with Gasteiger partial charge in [0, 0.05) is 6.54 Å². The zero-order valence-corrected chi connectivity index (χ0v) is 11.6. The zero-order chi connectivity index (χ0) is 12.0. The zero-order valence-electron chi connectivity index (χ0n) is 11.6. The number of nitrogens with one attached hydrogen (secondary N) is 2. The van der Waals surface area contributed by atoms with Crippen molar-refractivity contribution >= 4 is 0 Å². The van der Waals surface area contributed by atoms with Gasteiger partial charge in [0.05, 0.1) is 0 Å². The number of piperidine rings is 1. The summed E-state index contributed by atoms with van der Waals surface area (Å²) in [6, 6.07) is 0. The van der Waals surface area contributed by atoms with Crippen LogP contribution in [0, 0.1) is 11.3 Å². The van der Waals surface area contributed by atoms with Crippen molar-refractivity contribution in [3.8, 4) is 0 Å². The lowest BCUT2D eigenvalue weighted by Crippen LogP contribution is -2.39. The van der Waals surface area contributed by atoms with E-state index in [-0.39, 0.29) is 0 Å². The van der Waals surface area contributed by atoms with Gasteiger partial charge < -0.3 is 10.6 Å². The summed E-state index contributed by atoms with van der Waals surface area (Å²) >= 11 is 0. The first kappa shape index (κ1) is 13.4. The first-order chi connectivity index (χ1) is 8.35. The molecule has 2 nitrogen and oxygen atoms in total. The van der Waals surface area contributed by atoms with Crippen LogP contribution in [0.5, 0.6) is 0 Å². The van der Waals surface area contributed by atoms with Gasteiger partial charge in [0.15, 0.2) is 0 Å². The van der Waals surface area contributed by atoms with Crippen LogP contribution in [-0.4, -0.2) is 26.2 Å². The molecule has 0 amide bonds. The largest absolute Gasteiger partial charge is 0.317 e. The molecule has 1 aliphatic heterocycles. The molecule has 100 valence electrons. The Kier molecular flexibility index (Phi) is 5.30. The molecule has 1 aliphatic carbocycles. The van der Waals surface area contributed by atoms with E-state index in [1.807, 2.05) is 0 Å². The van der Waals surface area contributed by atoms with E-state index < -0.39 is 0 Å². The fourth-order valence-corrected chi connectivity index (χ4v) is 3.37. The average Bonchev–Trinajstić information content (AvgIpc) is 2.33. The van der Waals surface area contributed by atoms with E-state index in [9.17, 15) is 0 Å². The van der Waals surface area contributed by atoms with Gasteiger partial charge in [-0.2, -0.15) is 0 Å². The lowest BCUT2D eigenvalue weighted by atomic mass is 9.67. The molecule has 17 heavy (non-hydrogen) atoms. The van der Waals surface area contributed by atoms with Crippen molar-refractivity contribution in [3.05, 3.63) is 0 Å². The summed E-state index contributed by atoms with van der Waals surface area (Å²) in [5.74, 6) is 1.00. The molecular weight excluding hydrogens is 208 g/mol. The van der Waals surface area contributed by atoms with Crippen LogP contribution in [0.3, 0.4) is 0 Å². The summed E-state index contributed by atoms with van der Waals surface area (Å²) in [6.45, 7) is 7.37. The molecule has 2 N–H and O–H groups in total. The van der Waals surface area contributed by atoms with Crippen molar-refractivity contribution < 1.29 is 0 Å².